The minimum atomic E-state index is -3.35. The van der Waals surface area contributed by atoms with Gasteiger partial charge in [0.25, 0.3) is 5.91 Å². The maximum absolute atomic E-state index is 12.9. The highest BCUT2D eigenvalue weighted by atomic mass is 32.2. The molecule has 2 aromatic heterocycles. The van der Waals surface area contributed by atoms with Crippen molar-refractivity contribution in [3.8, 4) is 16.5 Å². The van der Waals surface area contributed by atoms with Crippen LogP contribution in [0.3, 0.4) is 0 Å². The minimum Gasteiger partial charge on any atom is -0.481 e. The number of amides is 1. The molecule has 0 bridgehead atoms. The van der Waals surface area contributed by atoms with Crippen LogP contribution in [0.15, 0.2) is 46.3 Å². The molecule has 0 fully saturated rings. The Morgan fingerprint density at radius 1 is 1.23 bits per heavy atom. The second-order valence-corrected chi connectivity index (χ2v) is 9.88. The summed E-state index contributed by atoms with van der Waals surface area (Å²) in [5.74, 6) is 1.07. The summed E-state index contributed by atoms with van der Waals surface area (Å²) in [5, 5.41) is 5.88. The van der Waals surface area contributed by atoms with E-state index in [0.29, 0.717) is 29.6 Å². The number of carbonyl (C=O) groups is 1. The number of thiophene rings is 1. The first-order valence-corrected chi connectivity index (χ1v) is 12.2. The quantitative estimate of drug-likeness (QED) is 0.479. The van der Waals surface area contributed by atoms with Crippen LogP contribution in [0.25, 0.3) is 10.7 Å². The Balaban J connectivity index is 1.63. The molecule has 0 aliphatic carbocycles. The first-order valence-electron chi connectivity index (χ1n) is 9.51. The molecule has 1 aromatic carbocycles. The van der Waals surface area contributed by atoms with Crippen molar-refractivity contribution in [1.82, 2.24) is 15.0 Å². The number of sulfonamides is 1. The van der Waals surface area contributed by atoms with Crippen LogP contribution in [-0.2, 0) is 21.4 Å². The van der Waals surface area contributed by atoms with Crippen LogP contribution in [-0.4, -0.2) is 55.8 Å². The fourth-order valence-corrected chi connectivity index (χ4v) is 3.90. The minimum absolute atomic E-state index is 0.162. The summed E-state index contributed by atoms with van der Waals surface area (Å²) in [6, 6.07) is 10.3. The molecule has 31 heavy (non-hydrogen) atoms. The predicted molar refractivity (Wildman–Crippen MR) is 118 cm³/mol. The number of carbonyl (C=O) groups excluding carboxylic acids is 1. The standard InChI is InChI=1S/C20H24N4O5S2/c1-5-16(28-15-10-8-14(9-11-15)24(3)31(4,26)27)20(25)23(2)13-18-21-19(22-29-18)17-7-6-12-30-17/h6-12,16H,5,13H2,1-4H3/t16-/m0/s1. The van der Waals surface area contributed by atoms with Crippen LogP contribution in [0.1, 0.15) is 19.2 Å². The van der Waals surface area contributed by atoms with E-state index in [-0.39, 0.29) is 12.5 Å². The second kappa shape index (κ2) is 9.48. The Hall–Kier alpha value is -2.92. The van der Waals surface area contributed by atoms with Crippen molar-refractivity contribution in [2.24, 2.45) is 0 Å². The number of likely N-dealkylation sites (N-methyl/N-ethyl adjacent to an activating group) is 1. The number of ether oxygens (including phenoxy) is 1. The zero-order chi connectivity index (χ0) is 22.6. The molecule has 0 saturated carbocycles. The van der Waals surface area contributed by atoms with E-state index >= 15 is 0 Å². The van der Waals surface area contributed by atoms with E-state index in [1.165, 1.54) is 27.6 Å². The molecule has 2 heterocycles. The third-order valence-corrected chi connectivity index (χ3v) is 6.65. The highest BCUT2D eigenvalue weighted by Gasteiger charge is 2.24. The second-order valence-electron chi connectivity index (χ2n) is 6.92. The zero-order valence-electron chi connectivity index (χ0n) is 17.7. The normalized spacial score (nSPS) is 12.4. The van der Waals surface area contributed by atoms with Crippen molar-refractivity contribution in [2.45, 2.75) is 26.0 Å². The van der Waals surface area contributed by atoms with Crippen LogP contribution >= 0.6 is 11.3 Å². The number of nitrogens with zero attached hydrogens (tertiary/aromatic N) is 4. The summed E-state index contributed by atoms with van der Waals surface area (Å²) in [5.41, 5.74) is 0.504. The molecule has 3 aromatic rings. The molecule has 11 heteroatoms. The molecule has 0 unspecified atom stereocenters. The fraction of sp³-hybridized carbons (Fsp3) is 0.350. The average Bonchev–Trinajstić information content (AvgIpc) is 3.42. The van der Waals surface area contributed by atoms with Crippen LogP contribution in [0.2, 0.25) is 0 Å². The third kappa shape index (κ3) is 5.61. The van der Waals surface area contributed by atoms with Gasteiger partial charge in [0.05, 0.1) is 23.4 Å². The van der Waals surface area contributed by atoms with E-state index in [9.17, 15) is 13.2 Å². The lowest BCUT2D eigenvalue weighted by atomic mass is 10.2. The Labute approximate surface area is 185 Å². The summed E-state index contributed by atoms with van der Waals surface area (Å²) in [6.45, 7) is 2.01. The van der Waals surface area contributed by atoms with Crippen molar-refractivity contribution in [2.75, 3.05) is 24.7 Å². The molecule has 0 saturated heterocycles. The largest absolute Gasteiger partial charge is 0.481 e. The van der Waals surface area contributed by atoms with Crippen LogP contribution in [0.5, 0.6) is 5.75 Å². The maximum Gasteiger partial charge on any atom is 0.263 e. The van der Waals surface area contributed by atoms with Gasteiger partial charge in [0, 0.05) is 14.1 Å². The van der Waals surface area contributed by atoms with Crippen molar-refractivity contribution in [1.29, 1.82) is 0 Å². The Morgan fingerprint density at radius 3 is 2.52 bits per heavy atom. The molecule has 9 nitrogen and oxygen atoms in total. The molecule has 0 spiro atoms. The van der Waals surface area contributed by atoms with Gasteiger partial charge in [-0.05, 0) is 42.1 Å². The zero-order valence-corrected chi connectivity index (χ0v) is 19.3. The maximum atomic E-state index is 12.9. The van der Waals surface area contributed by atoms with Crippen LogP contribution in [0.4, 0.5) is 5.69 Å². The number of hydrogen-bond acceptors (Lipinski definition) is 8. The van der Waals surface area contributed by atoms with Gasteiger partial charge in [-0.15, -0.1) is 11.3 Å². The smallest absolute Gasteiger partial charge is 0.263 e. The van der Waals surface area contributed by atoms with Crippen molar-refractivity contribution < 1.29 is 22.5 Å². The first kappa shape index (κ1) is 22.8. The Kier molecular flexibility index (Phi) is 6.96. The Morgan fingerprint density at radius 2 is 1.94 bits per heavy atom. The van der Waals surface area contributed by atoms with Gasteiger partial charge in [-0.1, -0.05) is 18.1 Å². The van der Waals surface area contributed by atoms with Gasteiger partial charge >= 0.3 is 0 Å². The highest BCUT2D eigenvalue weighted by molar-refractivity contribution is 7.92. The van der Waals surface area contributed by atoms with E-state index in [1.807, 2.05) is 24.4 Å². The number of hydrogen-bond donors (Lipinski definition) is 0. The number of aromatic nitrogens is 2. The number of anilines is 1. The van der Waals surface area contributed by atoms with Gasteiger partial charge in [-0.25, -0.2) is 8.42 Å². The molecule has 1 atom stereocenters. The summed E-state index contributed by atoms with van der Waals surface area (Å²) < 4.78 is 35.6. The molecule has 166 valence electrons. The topological polar surface area (TPSA) is 106 Å². The summed E-state index contributed by atoms with van der Waals surface area (Å²) in [7, 11) is -0.233. The molecule has 3 rings (SSSR count). The lowest BCUT2D eigenvalue weighted by Gasteiger charge is -2.23. The van der Waals surface area contributed by atoms with E-state index < -0.39 is 16.1 Å². The molecule has 0 aliphatic rings. The number of benzene rings is 1. The fourth-order valence-electron chi connectivity index (χ4n) is 2.75. The van der Waals surface area contributed by atoms with Gasteiger partial charge in [0.15, 0.2) is 6.10 Å². The van der Waals surface area contributed by atoms with Crippen LogP contribution in [0, 0.1) is 0 Å². The Bertz CT molecular complexity index is 1110. The van der Waals surface area contributed by atoms with Crippen molar-refractivity contribution in [3.63, 3.8) is 0 Å². The highest BCUT2D eigenvalue weighted by Crippen LogP contribution is 2.23. The molecule has 0 radical (unpaired) electrons. The SMILES string of the molecule is CC[C@H](Oc1ccc(N(C)S(C)(=O)=O)cc1)C(=O)N(C)Cc1nc(-c2cccs2)no1. The summed E-state index contributed by atoms with van der Waals surface area (Å²) >= 11 is 1.51. The van der Waals surface area contributed by atoms with E-state index in [4.69, 9.17) is 9.26 Å². The summed E-state index contributed by atoms with van der Waals surface area (Å²) in [4.78, 5) is 19.6. The lowest BCUT2D eigenvalue weighted by molar-refractivity contribution is -0.138. The van der Waals surface area contributed by atoms with E-state index in [2.05, 4.69) is 10.1 Å². The third-order valence-electron chi connectivity index (χ3n) is 4.58. The van der Waals surface area contributed by atoms with Crippen molar-refractivity contribution >= 4 is 33.0 Å². The molecular weight excluding hydrogens is 440 g/mol. The van der Waals surface area contributed by atoms with Gasteiger partial charge in [-0.3, -0.25) is 9.10 Å². The molecule has 0 aliphatic heterocycles. The van der Waals surface area contributed by atoms with Gasteiger partial charge in [0.2, 0.25) is 21.7 Å². The summed E-state index contributed by atoms with van der Waals surface area (Å²) in [6.07, 6.45) is 0.882. The van der Waals surface area contributed by atoms with E-state index in [1.54, 1.807) is 31.3 Å². The van der Waals surface area contributed by atoms with Gasteiger partial charge in [0.1, 0.15) is 5.75 Å². The molecule has 1 amide bonds. The van der Waals surface area contributed by atoms with Crippen molar-refractivity contribution in [3.05, 3.63) is 47.7 Å². The van der Waals surface area contributed by atoms with Gasteiger partial charge in [-0.2, -0.15) is 4.98 Å². The first-order chi connectivity index (χ1) is 14.7. The lowest BCUT2D eigenvalue weighted by Crippen LogP contribution is -2.39. The van der Waals surface area contributed by atoms with Crippen LogP contribution < -0.4 is 9.04 Å². The predicted octanol–water partition coefficient (Wildman–Crippen LogP) is 3.01. The monoisotopic (exact) mass is 464 g/mol. The van der Waals surface area contributed by atoms with Gasteiger partial charge < -0.3 is 14.2 Å². The van der Waals surface area contributed by atoms with E-state index in [0.717, 1.165) is 11.1 Å². The molecular formula is C20H24N4O5S2. The number of rotatable bonds is 9. The molecule has 0 N–H and O–H groups in total. The average molecular weight is 465 g/mol.